The maximum atomic E-state index is 12.1. The van der Waals surface area contributed by atoms with Crippen molar-refractivity contribution in [1.29, 1.82) is 0 Å². The van der Waals surface area contributed by atoms with Crippen molar-refractivity contribution in [2.24, 2.45) is 5.73 Å². The smallest absolute Gasteiger partial charge is 0.240 e. The van der Waals surface area contributed by atoms with Crippen LogP contribution in [0.5, 0.6) is 5.75 Å². The number of methoxy groups -OCH3 is 1. The van der Waals surface area contributed by atoms with Crippen molar-refractivity contribution >= 4 is 10.0 Å². The third-order valence-electron chi connectivity index (χ3n) is 2.78. The quantitative estimate of drug-likeness (QED) is 0.810. The molecule has 1 aromatic rings. The minimum Gasteiger partial charge on any atom is -0.496 e. The van der Waals surface area contributed by atoms with Crippen LogP contribution in [0.15, 0.2) is 23.1 Å². The lowest BCUT2D eigenvalue weighted by Crippen LogP contribution is -2.39. The van der Waals surface area contributed by atoms with Gasteiger partial charge in [0.25, 0.3) is 0 Å². The predicted octanol–water partition coefficient (Wildman–Crippen LogP) is 1.02. The van der Waals surface area contributed by atoms with Crippen molar-refractivity contribution in [2.75, 3.05) is 13.7 Å². The highest BCUT2D eigenvalue weighted by atomic mass is 32.2. The fourth-order valence-electron chi connectivity index (χ4n) is 1.60. The molecule has 0 radical (unpaired) electrons. The van der Waals surface area contributed by atoms with Crippen LogP contribution in [-0.2, 0) is 10.0 Å². The van der Waals surface area contributed by atoms with Gasteiger partial charge in [-0.3, -0.25) is 0 Å². The molecule has 0 aliphatic heterocycles. The van der Waals surface area contributed by atoms with Gasteiger partial charge in [-0.15, -0.1) is 0 Å². The summed E-state index contributed by atoms with van der Waals surface area (Å²) in [5.41, 5.74) is 6.28. The average molecular weight is 272 g/mol. The molecule has 0 aromatic heterocycles. The van der Waals surface area contributed by atoms with Crippen molar-refractivity contribution in [3.05, 3.63) is 23.8 Å². The molecule has 18 heavy (non-hydrogen) atoms. The van der Waals surface area contributed by atoms with Gasteiger partial charge in [-0.2, -0.15) is 0 Å². The average Bonchev–Trinajstić information content (AvgIpc) is 2.35. The number of benzene rings is 1. The first-order valence-electron chi connectivity index (χ1n) is 5.81. The maximum absolute atomic E-state index is 12.1. The zero-order valence-electron chi connectivity index (χ0n) is 10.9. The van der Waals surface area contributed by atoms with Crippen LogP contribution in [0.1, 0.15) is 18.9 Å². The molecule has 1 unspecified atom stereocenters. The topological polar surface area (TPSA) is 81.4 Å². The Morgan fingerprint density at radius 1 is 1.44 bits per heavy atom. The largest absolute Gasteiger partial charge is 0.496 e. The number of ether oxygens (including phenoxy) is 1. The lowest BCUT2D eigenvalue weighted by molar-refractivity contribution is 0.411. The Morgan fingerprint density at radius 2 is 2.11 bits per heavy atom. The highest BCUT2D eigenvalue weighted by Crippen LogP contribution is 2.21. The fraction of sp³-hybridized carbons (Fsp3) is 0.500. The minimum absolute atomic E-state index is 0.229. The number of hydrogen-bond acceptors (Lipinski definition) is 4. The third-order valence-corrected chi connectivity index (χ3v) is 4.29. The molecule has 0 spiro atoms. The zero-order valence-corrected chi connectivity index (χ0v) is 11.8. The van der Waals surface area contributed by atoms with E-state index in [0.29, 0.717) is 12.2 Å². The monoisotopic (exact) mass is 272 g/mol. The second kappa shape index (κ2) is 6.17. The van der Waals surface area contributed by atoms with Crippen LogP contribution >= 0.6 is 0 Å². The van der Waals surface area contributed by atoms with E-state index in [9.17, 15) is 8.42 Å². The van der Waals surface area contributed by atoms with E-state index in [-0.39, 0.29) is 17.5 Å². The summed E-state index contributed by atoms with van der Waals surface area (Å²) >= 11 is 0. The molecule has 0 bridgehead atoms. The van der Waals surface area contributed by atoms with E-state index < -0.39 is 10.0 Å². The van der Waals surface area contributed by atoms with Crippen LogP contribution in [0.3, 0.4) is 0 Å². The number of sulfonamides is 1. The molecule has 3 N–H and O–H groups in total. The molecule has 0 aliphatic carbocycles. The Labute approximate surface area is 108 Å². The summed E-state index contributed by atoms with van der Waals surface area (Å²) in [5.74, 6) is 0.666. The van der Waals surface area contributed by atoms with Gasteiger partial charge < -0.3 is 10.5 Å². The SMILES string of the molecule is CCC(CN)NS(=O)(=O)c1ccc(OC)c(C)c1. The molecular weight excluding hydrogens is 252 g/mol. The van der Waals surface area contributed by atoms with E-state index in [1.54, 1.807) is 26.2 Å². The van der Waals surface area contributed by atoms with Gasteiger partial charge >= 0.3 is 0 Å². The van der Waals surface area contributed by atoms with E-state index in [2.05, 4.69) is 4.72 Å². The number of rotatable bonds is 6. The Morgan fingerprint density at radius 3 is 2.56 bits per heavy atom. The van der Waals surface area contributed by atoms with E-state index >= 15 is 0 Å². The molecule has 0 saturated heterocycles. The highest BCUT2D eigenvalue weighted by molar-refractivity contribution is 7.89. The van der Waals surface area contributed by atoms with Gasteiger partial charge in [0, 0.05) is 12.6 Å². The van der Waals surface area contributed by atoms with Crippen LogP contribution in [0, 0.1) is 6.92 Å². The van der Waals surface area contributed by atoms with Crippen molar-refractivity contribution < 1.29 is 13.2 Å². The number of hydrogen-bond donors (Lipinski definition) is 2. The molecular formula is C12H20N2O3S. The van der Waals surface area contributed by atoms with Crippen LogP contribution in [0.4, 0.5) is 0 Å². The summed E-state index contributed by atoms with van der Waals surface area (Å²) in [6.07, 6.45) is 0.658. The lowest BCUT2D eigenvalue weighted by atomic mass is 10.2. The second-order valence-electron chi connectivity index (χ2n) is 4.09. The molecule has 0 aliphatic rings. The van der Waals surface area contributed by atoms with Gasteiger partial charge in [-0.25, -0.2) is 13.1 Å². The maximum Gasteiger partial charge on any atom is 0.240 e. The van der Waals surface area contributed by atoms with E-state index in [0.717, 1.165) is 5.56 Å². The molecule has 1 atom stereocenters. The summed E-state index contributed by atoms with van der Waals surface area (Å²) < 4.78 is 31.9. The molecule has 0 fully saturated rings. The first kappa shape index (κ1) is 14.9. The molecule has 0 saturated carbocycles. The predicted molar refractivity (Wildman–Crippen MR) is 71.2 cm³/mol. The van der Waals surface area contributed by atoms with Crippen molar-refractivity contribution in [3.63, 3.8) is 0 Å². The van der Waals surface area contributed by atoms with Crippen molar-refractivity contribution in [1.82, 2.24) is 4.72 Å². The van der Waals surface area contributed by atoms with Crippen LogP contribution in [0.2, 0.25) is 0 Å². The summed E-state index contributed by atoms with van der Waals surface area (Å²) in [6.45, 7) is 3.97. The van der Waals surface area contributed by atoms with Gasteiger partial charge in [-0.1, -0.05) is 6.92 Å². The second-order valence-corrected chi connectivity index (χ2v) is 5.81. The third kappa shape index (κ3) is 3.44. The fourth-order valence-corrected chi connectivity index (χ4v) is 3.02. The number of nitrogens with one attached hydrogen (secondary N) is 1. The normalized spacial score (nSPS) is 13.3. The summed E-state index contributed by atoms with van der Waals surface area (Å²) in [7, 11) is -1.96. The Hall–Kier alpha value is -1.11. The summed E-state index contributed by atoms with van der Waals surface area (Å²) in [4.78, 5) is 0.229. The van der Waals surface area contributed by atoms with Gasteiger partial charge in [0.15, 0.2) is 0 Å². The molecule has 6 heteroatoms. The van der Waals surface area contributed by atoms with E-state index in [1.165, 1.54) is 6.07 Å². The molecule has 1 aromatic carbocycles. The Kier molecular flexibility index (Phi) is 5.13. The first-order valence-corrected chi connectivity index (χ1v) is 7.30. The zero-order chi connectivity index (χ0) is 13.8. The minimum atomic E-state index is -3.52. The van der Waals surface area contributed by atoms with Gasteiger partial charge in [0.1, 0.15) is 5.75 Å². The van der Waals surface area contributed by atoms with Gasteiger partial charge in [-0.05, 0) is 37.1 Å². The standard InChI is InChI=1S/C12H20N2O3S/c1-4-10(8-13)14-18(15,16)11-5-6-12(17-3)9(2)7-11/h5-7,10,14H,4,8,13H2,1-3H3. The van der Waals surface area contributed by atoms with E-state index in [4.69, 9.17) is 10.5 Å². The first-order chi connectivity index (χ1) is 8.44. The van der Waals surface area contributed by atoms with Crippen LogP contribution < -0.4 is 15.2 Å². The van der Waals surface area contributed by atoms with Crippen LogP contribution in [-0.4, -0.2) is 28.1 Å². The summed E-state index contributed by atoms with van der Waals surface area (Å²) in [5, 5.41) is 0. The van der Waals surface area contributed by atoms with Gasteiger partial charge in [0.05, 0.1) is 12.0 Å². The van der Waals surface area contributed by atoms with Gasteiger partial charge in [0.2, 0.25) is 10.0 Å². The Bertz CT molecular complexity index is 496. The van der Waals surface area contributed by atoms with E-state index in [1.807, 2.05) is 6.92 Å². The highest BCUT2D eigenvalue weighted by Gasteiger charge is 2.18. The molecule has 5 nitrogen and oxygen atoms in total. The lowest BCUT2D eigenvalue weighted by Gasteiger charge is -2.15. The van der Waals surface area contributed by atoms with Crippen LogP contribution in [0.25, 0.3) is 0 Å². The molecule has 1 rings (SSSR count). The molecule has 0 amide bonds. The molecule has 0 heterocycles. The van der Waals surface area contributed by atoms with Crippen molar-refractivity contribution in [3.8, 4) is 5.75 Å². The summed E-state index contributed by atoms with van der Waals surface area (Å²) in [6, 6.07) is 4.52. The molecule has 102 valence electrons. The number of nitrogens with two attached hydrogens (primary N) is 1. The number of aryl methyl sites for hydroxylation is 1. The Balaban J connectivity index is 3.02. The van der Waals surface area contributed by atoms with Crippen molar-refractivity contribution in [2.45, 2.75) is 31.2 Å².